The molecule has 6 nitrogen and oxygen atoms in total. The molecule has 2 N–H and O–H groups in total. The van der Waals surface area contributed by atoms with Crippen molar-refractivity contribution in [1.82, 2.24) is 19.7 Å². The van der Waals surface area contributed by atoms with Crippen molar-refractivity contribution >= 4 is 17.5 Å². The minimum Gasteiger partial charge on any atom is -0.335 e. The second-order valence-corrected chi connectivity index (χ2v) is 7.75. The van der Waals surface area contributed by atoms with Crippen molar-refractivity contribution in [3.05, 3.63) is 40.9 Å². The van der Waals surface area contributed by atoms with E-state index in [1.54, 1.807) is 4.68 Å². The number of amides is 1. The zero-order chi connectivity index (χ0) is 18.3. The lowest BCUT2D eigenvalue weighted by Gasteiger charge is -2.17. The summed E-state index contributed by atoms with van der Waals surface area (Å²) in [4.78, 5) is 19.4. The molecule has 3 atom stereocenters. The first-order valence-electron chi connectivity index (χ1n) is 9.34. The number of para-hydroxylation sites is 1. The Kier molecular flexibility index (Phi) is 4.71. The van der Waals surface area contributed by atoms with Gasteiger partial charge in [-0.05, 0) is 43.2 Å². The van der Waals surface area contributed by atoms with Crippen LogP contribution in [0.2, 0.25) is 5.02 Å². The molecule has 0 spiro atoms. The average Bonchev–Trinajstić information content (AvgIpc) is 3.32. The molecule has 2 heterocycles. The number of hydrogen-bond acceptors (Lipinski definition) is 4. The Labute approximate surface area is 158 Å². The van der Waals surface area contributed by atoms with E-state index in [0.717, 1.165) is 43.7 Å². The van der Waals surface area contributed by atoms with Gasteiger partial charge in [-0.1, -0.05) is 30.7 Å². The van der Waals surface area contributed by atoms with Gasteiger partial charge in [0.05, 0.1) is 10.7 Å². The van der Waals surface area contributed by atoms with Gasteiger partial charge in [-0.2, -0.15) is 0 Å². The number of rotatable bonds is 4. The van der Waals surface area contributed by atoms with Crippen molar-refractivity contribution in [3.8, 4) is 5.69 Å². The molecule has 1 aliphatic carbocycles. The van der Waals surface area contributed by atoms with Crippen molar-refractivity contribution in [2.24, 2.45) is 17.6 Å². The number of nitrogens with two attached hydrogens (primary N) is 1. The Morgan fingerprint density at radius 3 is 2.85 bits per heavy atom. The number of halogens is 1. The summed E-state index contributed by atoms with van der Waals surface area (Å²) < 4.78 is 1.71. The van der Waals surface area contributed by atoms with Crippen molar-refractivity contribution in [2.75, 3.05) is 13.1 Å². The van der Waals surface area contributed by atoms with Crippen LogP contribution in [0.25, 0.3) is 5.69 Å². The molecule has 1 aromatic heterocycles. The molecular weight excluding hydrogens is 350 g/mol. The molecule has 1 amide bonds. The quantitative estimate of drug-likeness (QED) is 0.893. The predicted molar refractivity (Wildman–Crippen MR) is 100 cm³/mol. The van der Waals surface area contributed by atoms with Crippen LogP contribution in [0.3, 0.4) is 0 Å². The Hall–Kier alpha value is -1.92. The monoisotopic (exact) mass is 373 g/mol. The number of hydrogen-bond donors (Lipinski definition) is 1. The van der Waals surface area contributed by atoms with E-state index in [-0.39, 0.29) is 17.8 Å². The normalized spacial score (nSPS) is 24.9. The summed E-state index contributed by atoms with van der Waals surface area (Å²) in [6.07, 6.45) is 3.83. The van der Waals surface area contributed by atoms with E-state index in [4.69, 9.17) is 17.3 Å². The number of fused-ring (bicyclic) bond motifs is 1. The largest absolute Gasteiger partial charge is 0.335 e. The summed E-state index contributed by atoms with van der Waals surface area (Å²) in [6, 6.07) is 7.70. The summed E-state index contributed by atoms with van der Waals surface area (Å²) in [5, 5.41) is 5.11. The fourth-order valence-corrected chi connectivity index (χ4v) is 4.47. The van der Waals surface area contributed by atoms with E-state index >= 15 is 0 Å². The van der Waals surface area contributed by atoms with Gasteiger partial charge in [-0.15, -0.1) is 5.10 Å². The molecule has 138 valence electrons. The maximum Gasteiger partial charge on any atom is 0.293 e. The van der Waals surface area contributed by atoms with Crippen LogP contribution in [0.1, 0.15) is 42.6 Å². The third-order valence-electron chi connectivity index (χ3n) is 5.62. The third-order valence-corrected chi connectivity index (χ3v) is 5.94. The molecular formula is C19H24ClN5O. The van der Waals surface area contributed by atoms with Gasteiger partial charge in [0, 0.05) is 25.6 Å². The molecule has 1 aliphatic heterocycles. The van der Waals surface area contributed by atoms with E-state index in [1.807, 2.05) is 29.2 Å². The molecule has 2 aliphatic rings. The highest BCUT2D eigenvalue weighted by Gasteiger charge is 2.43. The van der Waals surface area contributed by atoms with Gasteiger partial charge >= 0.3 is 0 Å². The van der Waals surface area contributed by atoms with Crippen molar-refractivity contribution < 1.29 is 4.79 Å². The lowest BCUT2D eigenvalue weighted by Crippen LogP contribution is -2.34. The number of carbonyl (C=O) groups excluding carboxylic acids is 1. The Balaban J connectivity index is 1.62. The number of aromatic nitrogens is 3. The maximum atomic E-state index is 13.0. The van der Waals surface area contributed by atoms with Crippen molar-refractivity contribution in [1.29, 1.82) is 0 Å². The fraction of sp³-hybridized carbons (Fsp3) is 0.526. The summed E-state index contributed by atoms with van der Waals surface area (Å²) in [5.74, 6) is 1.85. The number of carbonyl (C=O) groups is 1. The van der Waals surface area contributed by atoms with Gasteiger partial charge in [0.15, 0.2) is 0 Å². The van der Waals surface area contributed by atoms with Gasteiger partial charge in [-0.25, -0.2) is 9.67 Å². The SMILES string of the molecule is CCCc1nc(C(=O)N2CC3CCC(N)C3C2)nn1-c1ccccc1Cl. The summed E-state index contributed by atoms with van der Waals surface area (Å²) in [6.45, 7) is 3.56. The lowest BCUT2D eigenvalue weighted by atomic mass is 9.98. The summed E-state index contributed by atoms with van der Waals surface area (Å²) >= 11 is 6.33. The van der Waals surface area contributed by atoms with E-state index in [0.29, 0.717) is 23.4 Å². The van der Waals surface area contributed by atoms with E-state index in [2.05, 4.69) is 17.0 Å². The number of benzene rings is 1. The van der Waals surface area contributed by atoms with Gasteiger partial charge < -0.3 is 10.6 Å². The zero-order valence-corrected chi connectivity index (χ0v) is 15.7. The molecule has 2 aromatic rings. The third kappa shape index (κ3) is 3.01. The van der Waals surface area contributed by atoms with Crippen LogP contribution in [-0.4, -0.2) is 44.7 Å². The lowest BCUT2D eigenvalue weighted by molar-refractivity contribution is 0.0767. The van der Waals surface area contributed by atoms with Crippen LogP contribution in [0.4, 0.5) is 0 Å². The smallest absolute Gasteiger partial charge is 0.293 e. The second-order valence-electron chi connectivity index (χ2n) is 7.34. The van der Waals surface area contributed by atoms with Gasteiger partial charge in [-0.3, -0.25) is 4.79 Å². The highest BCUT2D eigenvalue weighted by molar-refractivity contribution is 6.32. The number of nitrogens with zero attached hydrogens (tertiary/aromatic N) is 4. The summed E-state index contributed by atoms with van der Waals surface area (Å²) in [5.41, 5.74) is 6.95. The summed E-state index contributed by atoms with van der Waals surface area (Å²) in [7, 11) is 0. The number of aryl methyl sites for hydroxylation is 1. The molecule has 0 radical (unpaired) electrons. The first-order valence-corrected chi connectivity index (χ1v) is 9.72. The van der Waals surface area contributed by atoms with Crippen molar-refractivity contribution in [3.63, 3.8) is 0 Å². The van der Waals surface area contributed by atoms with Crippen LogP contribution in [0.15, 0.2) is 24.3 Å². The van der Waals surface area contributed by atoms with E-state index in [9.17, 15) is 4.79 Å². The van der Waals surface area contributed by atoms with E-state index in [1.165, 1.54) is 0 Å². The van der Waals surface area contributed by atoms with Crippen LogP contribution >= 0.6 is 11.6 Å². The van der Waals surface area contributed by atoms with Crippen molar-refractivity contribution in [2.45, 2.75) is 38.6 Å². The first kappa shape index (κ1) is 17.5. The Morgan fingerprint density at radius 1 is 1.31 bits per heavy atom. The molecule has 1 saturated heterocycles. The number of likely N-dealkylation sites (tertiary alicyclic amines) is 1. The van der Waals surface area contributed by atoms with Crippen LogP contribution in [0, 0.1) is 11.8 Å². The fourth-order valence-electron chi connectivity index (χ4n) is 4.25. The van der Waals surface area contributed by atoms with Crippen LogP contribution < -0.4 is 5.73 Å². The molecule has 2 fully saturated rings. The van der Waals surface area contributed by atoms with Gasteiger partial charge in [0.2, 0.25) is 5.82 Å². The minimum atomic E-state index is -0.102. The highest BCUT2D eigenvalue weighted by atomic mass is 35.5. The zero-order valence-electron chi connectivity index (χ0n) is 14.9. The predicted octanol–water partition coefficient (Wildman–Crippen LogP) is 2.68. The van der Waals surface area contributed by atoms with Crippen LogP contribution in [0.5, 0.6) is 0 Å². The molecule has 1 saturated carbocycles. The first-order chi connectivity index (χ1) is 12.6. The van der Waals surface area contributed by atoms with Gasteiger partial charge in [0.25, 0.3) is 5.91 Å². The molecule has 1 aromatic carbocycles. The topological polar surface area (TPSA) is 77.0 Å². The minimum absolute atomic E-state index is 0.102. The average molecular weight is 374 g/mol. The standard InChI is InChI=1S/C19H24ClN5O/c1-2-5-17-22-18(23-25(17)16-7-4-3-6-14(16)20)19(26)24-10-12-8-9-15(21)13(12)11-24/h3-4,6-7,12-13,15H,2,5,8-11,21H2,1H3. The van der Waals surface area contributed by atoms with Gasteiger partial charge in [0.1, 0.15) is 5.82 Å². The molecule has 3 unspecified atom stereocenters. The molecule has 4 rings (SSSR count). The van der Waals surface area contributed by atoms with Crippen LogP contribution in [-0.2, 0) is 6.42 Å². The second kappa shape index (κ2) is 7.00. The molecule has 26 heavy (non-hydrogen) atoms. The maximum absolute atomic E-state index is 13.0. The highest BCUT2D eigenvalue weighted by Crippen LogP contribution is 2.37. The Morgan fingerprint density at radius 2 is 2.12 bits per heavy atom. The van der Waals surface area contributed by atoms with E-state index < -0.39 is 0 Å². The molecule has 7 heteroatoms. The molecule has 0 bridgehead atoms. The Bertz CT molecular complexity index is 820.